The highest BCUT2D eigenvalue weighted by Gasteiger charge is 2.22. The average molecular weight is 272 g/mol. The van der Waals surface area contributed by atoms with Crippen LogP contribution in [-0.4, -0.2) is 36.5 Å². The van der Waals surface area contributed by atoms with E-state index in [9.17, 15) is 4.79 Å². The largest absolute Gasteiger partial charge is 0.382 e. The van der Waals surface area contributed by atoms with E-state index in [4.69, 9.17) is 11.0 Å². The third-order valence-electron chi connectivity index (χ3n) is 3.75. The molecule has 0 saturated carbocycles. The van der Waals surface area contributed by atoms with Crippen LogP contribution in [0.25, 0.3) is 0 Å². The fourth-order valence-corrected chi connectivity index (χ4v) is 2.47. The molecule has 1 aromatic rings. The van der Waals surface area contributed by atoms with Gasteiger partial charge >= 0.3 is 0 Å². The topological polar surface area (TPSA) is 82.2 Å². The number of carbonyl (C=O) groups excluding carboxylic acids is 1. The van der Waals surface area contributed by atoms with Crippen LogP contribution in [0.1, 0.15) is 24.0 Å². The van der Waals surface area contributed by atoms with Crippen LogP contribution < -0.4 is 11.1 Å². The number of carbonyl (C=O) groups is 1. The van der Waals surface area contributed by atoms with Crippen molar-refractivity contribution in [1.29, 1.82) is 5.26 Å². The lowest BCUT2D eigenvalue weighted by molar-refractivity contribution is -0.130. The third kappa shape index (κ3) is 3.28. The van der Waals surface area contributed by atoms with E-state index in [1.165, 1.54) is 0 Å². The molecule has 1 fully saturated rings. The number of benzene rings is 1. The van der Waals surface area contributed by atoms with Gasteiger partial charge in [0.25, 0.3) is 0 Å². The molecule has 5 nitrogen and oxygen atoms in total. The van der Waals surface area contributed by atoms with Gasteiger partial charge in [0, 0.05) is 24.8 Å². The van der Waals surface area contributed by atoms with Crippen molar-refractivity contribution in [2.75, 3.05) is 25.0 Å². The molecule has 0 aromatic heterocycles. The van der Waals surface area contributed by atoms with E-state index in [0.717, 1.165) is 37.2 Å². The zero-order valence-electron chi connectivity index (χ0n) is 11.7. The molecule has 2 rings (SSSR count). The molecule has 5 heteroatoms. The second-order valence-corrected chi connectivity index (χ2v) is 5.15. The average Bonchev–Trinajstić information content (AvgIpc) is 2.49. The fourth-order valence-electron chi connectivity index (χ4n) is 2.47. The molecule has 0 spiro atoms. The Labute approximate surface area is 119 Å². The Hall–Kier alpha value is -2.06. The summed E-state index contributed by atoms with van der Waals surface area (Å²) >= 11 is 0. The van der Waals surface area contributed by atoms with Crippen molar-refractivity contribution >= 4 is 11.6 Å². The molecule has 3 N–H and O–H groups in total. The van der Waals surface area contributed by atoms with Crippen molar-refractivity contribution in [2.24, 2.45) is 5.73 Å². The Kier molecular flexibility index (Phi) is 4.59. The Balaban J connectivity index is 1.96. The van der Waals surface area contributed by atoms with Crippen LogP contribution >= 0.6 is 0 Å². The maximum absolute atomic E-state index is 11.5. The maximum atomic E-state index is 11.5. The number of hydrogen-bond acceptors (Lipinski definition) is 4. The first-order chi connectivity index (χ1) is 9.63. The van der Waals surface area contributed by atoms with Gasteiger partial charge in [-0.3, -0.25) is 4.79 Å². The van der Waals surface area contributed by atoms with Crippen LogP contribution in [0.2, 0.25) is 0 Å². The van der Waals surface area contributed by atoms with Gasteiger partial charge in [0.15, 0.2) is 0 Å². The molecule has 0 unspecified atom stereocenters. The van der Waals surface area contributed by atoms with Crippen LogP contribution in [0.5, 0.6) is 0 Å². The zero-order valence-corrected chi connectivity index (χ0v) is 11.7. The summed E-state index contributed by atoms with van der Waals surface area (Å²) in [6.07, 6.45) is 1.81. The summed E-state index contributed by atoms with van der Waals surface area (Å²) in [5.41, 5.74) is 8.17. The third-order valence-corrected chi connectivity index (χ3v) is 3.75. The molecule has 1 aliphatic rings. The van der Waals surface area contributed by atoms with E-state index in [1.54, 1.807) is 0 Å². The minimum atomic E-state index is 0.0195. The molecule has 1 amide bonds. The molecule has 0 radical (unpaired) electrons. The lowest BCUT2D eigenvalue weighted by Crippen LogP contribution is -2.44. The number of nitriles is 1. The number of piperidine rings is 1. The summed E-state index contributed by atoms with van der Waals surface area (Å²) in [5, 5.41) is 12.4. The number of aryl methyl sites for hydroxylation is 1. The Morgan fingerprint density at radius 2 is 2.20 bits per heavy atom. The predicted molar refractivity (Wildman–Crippen MR) is 78.2 cm³/mol. The summed E-state index contributed by atoms with van der Waals surface area (Å²) in [4.78, 5) is 13.3. The lowest BCUT2D eigenvalue weighted by Gasteiger charge is -2.33. The van der Waals surface area contributed by atoms with Gasteiger partial charge in [-0.25, -0.2) is 0 Å². The molecular weight excluding hydrogens is 252 g/mol. The van der Waals surface area contributed by atoms with Gasteiger partial charge in [-0.15, -0.1) is 0 Å². The summed E-state index contributed by atoms with van der Waals surface area (Å²) in [5.74, 6) is 0.0195. The molecule has 0 aliphatic carbocycles. The minimum absolute atomic E-state index is 0.0195. The number of likely N-dealkylation sites (tertiary alicyclic amines) is 1. The number of rotatable bonds is 3. The Morgan fingerprint density at radius 3 is 2.80 bits per heavy atom. The van der Waals surface area contributed by atoms with E-state index in [0.29, 0.717) is 11.6 Å². The van der Waals surface area contributed by atoms with Gasteiger partial charge in [-0.2, -0.15) is 5.26 Å². The molecule has 0 bridgehead atoms. The van der Waals surface area contributed by atoms with Crippen LogP contribution in [-0.2, 0) is 4.79 Å². The van der Waals surface area contributed by atoms with Crippen LogP contribution in [0.3, 0.4) is 0 Å². The maximum Gasteiger partial charge on any atom is 0.236 e. The second kappa shape index (κ2) is 6.40. The van der Waals surface area contributed by atoms with Crippen LogP contribution in [0, 0.1) is 18.3 Å². The standard InChI is InChI=1S/C15H20N4O/c1-11-2-3-12(9-16)8-14(11)18-13-4-6-19(7-5-13)15(20)10-17/h2-3,8,13,18H,4-7,10,17H2,1H3. The Bertz CT molecular complexity index is 527. The van der Waals surface area contributed by atoms with Crippen LogP contribution in [0.15, 0.2) is 18.2 Å². The van der Waals surface area contributed by atoms with E-state index in [2.05, 4.69) is 11.4 Å². The lowest BCUT2D eigenvalue weighted by atomic mass is 10.0. The quantitative estimate of drug-likeness (QED) is 0.867. The number of nitrogens with two attached hydrogens (primary N) is 1. The van der Waals surface area contributed by atoms with Gasteiger partial charge in [-0.05, 0) is 37.5 Å². The normalized spacial score (nSPS) is 15.8. The zero-order chi connectivity index (χ0) is 14.5. The van der Waals surface area contributed by atoms with Crippen molar-refractivity contribution < 1.29 is 4.79 Å². The summed E-state index contributed by atoms with van der Waals surface area (Å²) in [6, 6.07) is 8.15. The van der Waals surface area contributed by atoms with E-state index in [1.807, 2.05) is 30.0 Å². The van der Waals surface area contributed by atoms with Crippen molar-refractivity contribution in [3.8, 4) is 6.07 Å². The minimum Gasteiger partial charge on any atom is -0.382 e. The fraction of sp³-hybridized carbons (Fsp3) is 0.467. The first kappa shape index (κ1) is 14.4. The first-order valence-corrected chi connectivity index (χ1v) is 6.89. The van der Waals surface area contributed by atoms with E-state index >= 15 is 0 Å². The number of anilines is 1. The predicted octanol–water partition coefficient (Wildman–Crippen LogP) is 1.23. The number of nitrogens with zero attached hydrogens (tertiary/aromatic N) is 2. The highest BCUT2D eigenvalue weighted by molar-refractivity contribution is 5.78. The van der Waals surface area contributed by atoms with Gasteiger partial charge in [0.1, 0.15) is 0 Å². The van der Waals surface area contributed by atoms with Gasteiger partial charge < -0.3 is 16.0 Å². The summed E-state index contributed by atoms with van der Waals surface area (Å²) < 4.78 is 0. The van der Waals surface area contributed by atoms with Crippen LogP contribution in [0.4, 0.5) is 5.69 Å². The molecule has 106 valence electrons. The van der Waals surface area contributed by atoms with E-state index in [-0.39, 0.29) is 12.5 Å². The highest BCUT2D eigenvalue weighted by Crippen LogP contribution is 2.21. The molecule has 1 saturated heterocycles. The number of amides is 1. The molecule has 20 heavy (non-hydrogen) atoms. The number of hydrogen-bond donors (Lipinski definition) is 2. The Morgan fingerprint density at radius 1 is 1.50 bits per heavy atom. The smallest absolute Gasteiger partial charge is 0.236 e. The van der Waals surface area contributed by atoms with Crippen molar-refractivity contribution in [1.82, 2.24) is 4.90 Å². The molecule has 1 aromatic carbocycles. The van der Waals surface area contributed by atoms with Gasteiger partial charge in [0.2, 0.25) is 5.91 Å². The molecule has 1 aliphatic heterocycles. The molecule has 1 heterocycles. The second-order valence-electron chi connectivity index (χ2n) is 5.15. The number of nitrogens with one attached hydrogen (secondary N) is 1. The van der Waals surface area contributed by atoms with Crippen molar-refractivity contribution in [3.63, 3.8) is 0 Å². The molecule has 0 atom stereocenters. The highest BCUT2D eigenvalue weighted by atomic mass is 16.2. The van der Waals surface area contributed by atoms with Crippen molar-refractivity contribution in [3.05, 3.63) is 29.3 Å². The summed E-state index contributed by atoms with van der Waals surface area (Å²) in [7, 11) is 0. The first-order valence-electron chi connectivity index (χ1n) is 6.89. The monoisotopic (exact) mass is 272 g/mol. The molecular formula is C15H20N4O. The van der Waals surface area contributed by atoms with Crippen molar-refractivity contribution in [2.45, 2.75) is 25.8 Å². The summed E-state index contributed by atoms with van der Waals surface area (Å²) in [6.45, 7) is 3.59. The van der Waals surface area contributed by atoms with E-state index < -0.39 is 0 Å². The van der Waals surface area contributed by atoms with Gasteiger partial charge in [0.05, 0.1) is 18.2 Å². The van der Waals surface area contributed by atoms with Gasteiger partial charge in [-0.1, -0.05) is 6.07 Å². The SMILES string of the molecule is Cc1ccc(C#N)cc1NC1CCN(C(=O)CN)CC1.